The lowest BCUT2D eigenvalue weighted by molar-refractivity contribution is -0.109. The SMILES string of the molecule is CCCCC(CNC=O)N=[N+]=[N-]. The van der Waals surface area contributed by atoms with Gasteiger partial charge in [0.1, 0.15) is 0 Å². The number of hydrogen-bond donors (Lipinski definition) is 1. The lowest BCUT2D eigenvalue weighted by atomic mass is 10.1. The van der Waals surface area contributed by atoms with Gasteiger partial charge < -0.3 is 5.32 Å². The van der Waals surface area contributed by atoms with E-state index in [1.54, 1.807) is 0 Å². The highest BCUT2D eigenvalue weighted by Crippen LogP contribution is 2.03. The van der Waals surface area contributed by atoms with Crippen LogP contribution in [0.15, 0.2) is 5.11 Å². The van der Waals surface area contributed by atoms with Crippen molar-refractivity contribution in [2.75, 3.05) is 6.54 Å². The summed E-state index contributed by atoms with van der Waals surface area (Å²) < 4.78 is 0. The Hall–Kier alpha value is -1.22. The van der Waals surface area contributed by atoms with E-state index >= 15 is 0 Å². The van der Waals surface area contributed by atoms with E-state index in [-0.39, 0.29) is 6.04 Å². The molecule has 1 amide bonds. The molecular formula is C7H14N4O. The summed E-state index contributed by atoms with van der Waals surface area (Å²) in [6, 6.07) is -0.0971. The fourth-order valence-corrected chi connectivity index (χ4v) is 0.898. The van der Waals surface area contributed by atoms with Crippen LogP contribution in [0.5, 0.6) is 0 Å². The number of amides is 1. The molecule has 0 aromatic rings. The topological polar surface area (TPSA) is 77.9 Å². The molecule has 1 atom stereocenters. The lowest BCUT2D eigenvalue weighted by Gasteiger charge is -2.08. The summed E-state index contributed by atoms with van der Waals surface area (Å²) >= 11 is 0. The maximum Gasteiger partial charge on any atom is 0.207 e. The molecule has 0 aromatic heterocycles. The first kappa shape index (κ1) is 10.8. The third kappa shape index (κ3) is 5.56. The summed E-state index contributed by atoms with van der Waals surface area (Å²) in [7, 11) is 0. The average Bonchev–Trinajstić information content (AvgIpc) is 2.10. The second kappa shape index (κ2) is 7.88. The van der Waals surface area contributed by atoms with E-state index in [9.17, 15) is 4.79 Å². The first-order chi connectivity index (χ1) is 5.85. The first-order valence-corrected chi connectivity index (χ1v) is 4.06. The maximum atomic E-state index is 9.94. The predicted octanol–water partition coefficient (Wildman–Crippen LogP) is 1.60. The molecule has 0 saturated carbocycles. The molecule has 0 spiro atoms. The van der Waals surface area contributed by atoms with Crippen molar-refractivity contribution in [3.8, 4) is 0 Å². The van der Waals surface area contributed by atoms with Crippen molar-refractivity contribution < 1.29 is 4.79 Å². The lowest BCUT2D eigenvalue weighted by Crippen LogP contribution is -2.23. The fraction of sp³-hybridized carbons (Fsp3) is 0.857. The summed E-state index contributed by atoms with van der Waals surface area (Å²) in [6.07, 6.45) is 3.54. The number of rotatable bonds is 7. The molecule has 12 heavy (non-hydrogen) atoms. The molecule has 0 aliphatic rings. The Bertz CT molecular complexity index is 165. The van der Waals surface area contributed by atoms with E-state index in [4.69, 9.17) is 5.53 Å². The highest BCUT2D eigenvalue weighted by molar-refractivity contribution is 5.45. The second-order valence-electron chi connectivity index (χ2n) is 2.53. The predicted molar refractivity (Wildman–Crippen MR) is 46.5 cm³/mol. The van der Waals surface area contributed by atoms with Crippen molar-refractivity contribution in [3.05, 3.63) is 10.4 Å². The summed E-state index contributed by atoms with van der Waals surface area (Å²) in [5.41, 5.74) is 8.18. The average molecular weight is 170 g/mol. The Balaban J connectivity index is 3.68. The summed E-state index contributed by atoms with van der Waals surface area (Å²) in [5, 5.41) is 6.05. The van der Waals surface area contributed by atoms with Gasteiger partial charge in [-0.3, -0.25) is 4.79 Å². The van der Waals surface area contributed by atoms with Crippen molar-refractivity contribution in [1.82, 2.24) is 5.32 Å². The Morgan fingerprint density at radius 1 is 1.75 bits per heavy atom. The van der Waals surface area contributed by atoms with Crippen LogP contribution in [0.1, 0.15) is 26.2 Å². The standard InChI is InChI=1S/C7H14N4O/c1-2-3-4-7(10-11-8)5-9-6-12/h6-7H,2-5H2,1H3,(H,9,12). The molecule has 68 valence electrons. The van der Waals surface area contributed by atoms with E-state index < -0.39 is 0 Å². The zero-order chi connectivity index (χ0) is 9.23. The molecule has 0 aliphatic heterocycles. The van der Waals surface area contributed by atoms with Crippen LogP contribution in [-0.4, -0.2) is 19.0 Å². The Morgan fingerprint density at radius 2 is 2.50 bits per heavy atom. The zero-order valence-electron chi connectivity index (χ0n) is 7.23. The Morgan fingerprint density at radius 3 is 3.00 bits per heavy atom. The minimum absolute atomic E-state index is 0.0971. The van der Waals surface area contributed by atoms with E-state index in [0.717, 1.165) is 19.3 Å². The number of nitrogens with one attached hydrogen (secondary N) is 1. The fourth-order valence-electron chi connectivity index (χ4n) is 0.898. The van der Waals surface area contributed by atoms with Crippen LogP contribution in [0.3, 0.4) is 0 Å². The van der Waals surface area contributed by atoms with Crippen molar-refractivity contribution in [1.29, 1.82) is 0 Å². The molecular weight excluding hydrogens is 156 g/mol. The van der Waals surface area contributed by atoms with E-state index in [1.807, 2.05) is 0 Å². The van der Waals surface area contributed by atoms with Gasteiger partial charge >= 0.3 is 0 Å². The van der Waals surface area contributed by atoms with Gasteiger partial charge in [0, 0.05) is 11.5 Å². The molecule has 0 saturated heterocycles. The highest BCUT2D eigenvalue weighted by atomic mass is 16.1. The van der Waals surface area contributed by atoms with Gasteiger partial charge in [0.15, 0.2) is 0 Å². The van der Waals surface area contributed by atoms with Crippen molar-refractivity contribution in [2.45, 2.75) is 32.2 Å². The molecule has 0 heterocycles. The van der Waals surface area contributed by atoms with Gasteiger partial charge in [-0.1, -0.05) is 24.9 Å². The molecule has 1 unspecified atom stereocenters. The molecule has 5 heteroatoms. The summed E-state index contributed by atoms with van der Waals surface area (Å²) in [6.45, 7) is 2.51. The van der Waals surface area contributed by atoms with E-state index in [0.29, 0.717) is 13.0 Å². The largest absolute Gasteiger partial charge is 0.358 e. The van der Waals surface area contributed by atoms with Crippen molar-refractivity contribution in [3.63, 3.8) is 0 Å². The molecule has 0 aliphatic carbocycles. The second-order valence-corrected chi connectivity index (χ2v) is 2.53. The Labute approximate surface area is 71.8 Å². The molecule has 5 nitrogen and oxygen atoms in total. The summed E-state index contributed by atoms with van der Waals surface area (Å²) in [5.74, 6) is 0. The third-order valence-electron chi connectivity index (χ3n) is 1.54. The molecule has 0 fully saturated rings. The zero-order valence-corrected chi connectivity index (χ0v) is 7.23. The van der Waals surface area contributed by atoms with E-state index in [1.165, 1.54) is 0 Å². The number of carbonyl (C=O) groups is 1. The number of azide groups is 1. The molecule has 1 N–H and O–H groups in total. The van der Waals surface area contributed by atoms with E-state index in [2.05, 4.69) is 22.3 Å². The van der Waals surface area contributed by atoms with Crippen LogP contribution in [0.2, 0.25) is 0 Å². The maximum absolute atomic E-state index is 9.94. The van der Waals surface area contributed by atoms with Crippen molar-refractivity contribution >= 4 is 6.41 Å². The minimum atomic E-state index is -0.0971. The number of nitrogens with zero attached hydrogens (tertiary/aromatic N) is 3. The summed E-state index contributed by atoms with van der Waals surface area (Å²) in [4.78, 5) is 12.7. The number of hydrogen-bond acceptors (Lipinski definition) is 2. The van der Waals surface area contributed by atoms with Crippen LogP contribution >= 0.6 is 0 Å². The highest BCUT2D eigenvalue weighted by Gasteiger charge is 2.03. The minimum Gasteiger partial charge on any atom is -0.358 e. The number of unbranched alkanes of at least 4 members (excludes halogenated alkanes) is 1. The van der Waals surface area contributed by atoms with Gasteiger partial charge in [0.05, 0.1) is 6.04 Å². The van der Waals surface area contributed by atoms with Gasteiger partial charge in [-0.25, -0.2) is 0 Å². The molecule has 0 bridgehead atoms. The van der Waals surface area contributed by atoms with Crippen molar-refractivity contribution in [2.24, 2.45) is 5.11 Å². The van der Waals surface area contributed by atoms with Gasteiger partial charge in [0.25, 0.3) is 0 Å². The molecule has 0 rings (SSSR count). The molecule has 0 radical (unpaired) electrons. The van der Waals surface area contributed by atoms with Gasteiger partial charge in [-0.2, -0.15) is 0 Å². The van der Waals surface area contributed by atoms with Crippen LogP contribution < -0.4 is 5.32 Å². The monoisotopic (exact) mass is 170 g/mol. The third-order valence-corrected chi connectivity index (χ3v) is 1.54. The van der Waals surface area contributed by atoms with Crippen LogP contribution in [0.25, 0.3) is 10.4 Å². The van der Waals surface area contributed by atoms with Gasteiger partial charge in [0.2, 0.25) is 6.41 Å². The van der Waals surface area contributed by atoms with Gasteiger partial charge in [-0.15, -0.1) is 0 Å². The van der Waals surface area contributed by atoms with Crippen LogP contribution in [0, 0.1) is 0 Å². The quantitative estimate of drug-likeness (QED) is 0.268. The Kier molecular flexibility index (Phi) is 7.08. The normalized spacial score (nSPS) is 11.4. The number of carbonyl (C=O) groups excluding carboxylic acids is 1. The van der Waals surface area contributed by atoms with Crippen LogP contribution in [0.4, 0.5) is 0 Å². The van der Waals surface area contributed by atoms with Crippen LogP contribution in [-0.2, 0) is 4.79 Å². The van der Waals surface area contributed by atoms with Gasteiger partial charge in [-0.05, 0) is 12.0 Å². The smallest absolute Gasteiger partial charge is 0.207 e. The molecule has 0 aromatic carbocycles. The first-order valence-electron chi connectivity index (χ1n) is 4.06.